The molecule has 4 nitrogen and oxygen atoms in total. The quantitative estimate of drug-likeness (QED) is 0.770. The first kappa shape index (κ1) is 18.0. The van der Waals surface area contributed by atoms with Crippen LogP contribution in [0.2, 0.25) is 0 Å². The molecule has 0 spiro atoms. The molecule has 0 bridgehead atoms. The molecule has 3 N–H and O–H groups in total. The number of nitrogens with two attached hydrogens (primary N) is 1. The van der Waals surface area contributed by atoms with Gasteiger partial charge in [0.05, 0.1) is 12.5 Å². The van der Waals surface area contributed by atoms with Crippen molar-refractivity contribution in [1.29, 1.82) is 0 Å². The van der Waals surface area contributed by atoms with Gasteiger partial charge in [0.15, 0.2) is 0 Å². The van der Waals surface area contributed by atoms with Gasteiger partial charge in [-0.3, -0.25) is 4.79 Å². The van der Waals surface area contributed by atoms with Gasteiger partial charge in [-0.1, -0.05) is 43.3 Å². The van der Waals surface area contributed by atoms with E-state index in [2.05, 4.69) is 41.4 Å². The lowest BCUT2D eigenvalue weighted by Gasteiger charge is -2.25. The number of anilines is 1. The van der Waals surface area contributed by atoms with E-state index in [1.807, 2.05) is 38.4 Å². The van der Waals surface area contributed by atoms with Crippen molar-refractivity contribution in [3.05, 3.63) is 65.2 Å². The predicted octanol–water partition coefficient (Wildman–Crippen LogP) is 2.79. The van der Waals surface area contributed by atoms with Crippen molar-refractivity contribution in [2.75, 3.05) is 26.4 Å². The molecule has 1 atom stereocenters. The van der Waals surface area contributed by atoms with Crippen LogP contribution in [0, 0.1) is 0 Å². The molecule has 0 aromatic heterocycles. The first-order valence-corrected chi connectivity index (χ1v) is 8.36. The van der Waals surface area contributed by atoms with E-state index in [9.17, 15) is 4.79 Å². The van der Waals surface area contributed by atoms with Crippen LogP contribution in [0.4, 0.5) is 5.69 Å². The molecule has 2 aromatic rings. The molecule has 2 rings (SSSR count). The molecular weight excluding hydrogens is 298 g/mol. The topological polar surface area (TPSA) is 58.4 Å². The highest BCUT2D eigenvalue weighted by atomic mass is 16.1. The van der Waals surface area contributed by atoms with Gasteiger partial charge in [-0.25, -0.2) is 0 Å². The monoisotopic (exact) mass is 325 g/mol. The lowest BCUT2D eigenvalue weighted by atomic mass is 10.0. The van der Waals surface area contributed by atoms with Gasteiger partial charge in [-0.15, -0.1) is 0 Å². The van der Waals surface area contributed by atoms with Crippen molar-refractivity contribution in [3.63, 3.8) is 0 Å². The molecule has 128 valence electrons. The maximum Gasteiger partial charge on any atom is 0.224 e. The Bertz CT molecular complexity index is 648. The molecule has 0 aliphatic heterocycles. The number of hydrogen-bond donors (Lipinski definition) is 2. The first-order chi connectivity index (χ1) is 11.5. The third-order valence-electron chi connectivity index (χ3n) is 4.23. The molecule has 0 fully saturated rings. The van der Waals surface area contributed by atoms with Crippen LogP contribution in [0.15, 0.2) is 48.5 Å². The van der Waals surface area contributed by atoms with Crippen molar-refractivity contribution in [2.45, 2.75) is 25.8 Å². The van der Waals surface area contributed by atoms with Crippen LogP contribution in [0.5, 0.6) is 0 Å². The molecular formula is C20H27N3O. The highest BCUT2D eigenvalue weighted by molar-refractivity contribution is 5.78. The van der Waals surface area contributed by atoms with Crippen molar-refractivity contribution in [1.82, 2.24) is 10.2 Å². The number of nitrogens with one attached hydrogen (secondary N) is 1. The van der Waals surface area contributed by atoms with Crippen molar-refractivity contribution < 1.29 is 4.79 Å². The van der Waals surface area contributed by atoms with Crippen molar-refractivity contribution in [2.24, 2.45) is 0 Å². The lowest BCUT2D eigenvalue weighted by molar-refractivity contribution is -0.120. The fourth-order valence-corrected chi connectivity index (χ4v) is 2.67. The van der Waals surface area contributed by atoms with Crippen LogP contribution < -0.4 is 11.1 Å². The number of nitrogens with zero attached hydrogens (tertiary/aromatic N) is 1. The molecule has 24 heavy (non-hydrogen) atoms. The number of likely N-dealkylation sites (N-methyl/N-ethyl adjacent to an activating group) is 1. The summed E-state index contributed by atoms with van der Waals surface area (Å²) >= 11 is 0. The minimum absolute atomic E-state index is 0.0248. The molecule has 1 amide bonds. The summed E-state index contributed by atoms with van der Waals surface area (Å²) in [6.45, 7) is 2.74. The number of rotatable bonds is 7. The van der Waals surface area contributed by atoms with E-state index in [4.69, 9.17) is 5.73 Å². The van der Waals surface area contributed by atoms with Gasteiger partial charge in [0.25, 0.3) is 0 Å². The van der Waals surface area contributed by atoms with Crippen LogP contribution in [0.1, 0.15) is 29.7 Å². The molecule has 0 saturated heterocycles. The molecule has 2 aromatic carbocycles. The number of benzene rings is 2. The van der Waals surface area contributed by atoms with Gasteiger partial charge in [-0.05, 0) is 49.3 Å². The molecule has 0 aliphatic rings. The second kappa shape index (κ2) is 8.50. The van der Waals surface area contributed by atoms with E-state index in [1.54, 1.807) is 0 Å². The van der Waals surface area contributed by atoms with E-state index in [-0.39, 0.29) is 11.9 Å². The zero-order valence-electron chi connectivity index (χ0n) is 14.8. The third-order valence-corrected chi connectivity index (χ3v) is 4.23. The Morgan fingerprint density at radius 2 is 1.62 bits per heavy atom. The first-order valence-electron chi connectivity index (χ1n) is 8.36. The van der Waals surface area contributed by atoms with Gasteiger partial charge in [-0.2, -0.15) is 0 Å². The van der Waals surface area contributed by atoms with E-state index >= 15 is 0 Å². The number of aryl methyl sites for hydroxylation is 1. The minimum atomic E-state index is 0.0248. The number of amides is 1. The van der Waals surface area contributed by atoms with Crippen LogP contribution in [0.25, 0.3) is 0 Å². The predicted molar refractivity (Wildman–Crippen MR) is 99.8 cm³/mol. The van der Waals surface area contributed by atoms with E-state index in [0.717, 1.165) is 12.0 Å². The molecule has 0 saturated carbocycles. The fraction of sp³-hybridized carbons (Fsp3) is 0.350. The van der Waals surface area contributed by atoms with Crippen molar-refractivity contribution in [3.8, 4) is 0 Å². The van der Waals surface area contributed by atoms with E-state index < -0.39 is 0 Å². The number of carbonyl (C=O) groups excluding carboxylic acids is 1. The summed E-state index contributed by atoms with van der Waals surface area (Å²) in [5.41, 5.74) is 9.88. The lowest BCUT2D eigenvalue weighted by Crippen LogP contribution is -2.35. The molecule has 4 heteroatoms. The van der Waals surface area contributed by atoms with E-state index in [0.29, 0.717) is 18.7 Å². The average Bonchev–Trinajstić information content (AvgIpc) is 2.57. The molecule has 1 unspecified atom stereocenters. The summed E-state index contributed by atoms with van der Waals surface area (Å²) in [4.78, 5) is 14.3. The van der Waals surface area contributed by atoms with Gasteiger partial charge < -0.3 is 16.0 Å². The highest BCUT2D eigenvalue weighted by Gasteiger charge is 2.15. The summed E-state index contributed by atoms with van der Waals surface area (Å²) in [7, 11) is 4.06. The Labute approximate surface area is 144 Å². The number of carbonyl (C=O) groups is 1. The summed E-state index contributed by atoms with van der Waals surface area (Å²) in [5.74, 6) is 0.0248. The highest BCUT2D eigenvalue weighted by Crippen LogP contribution is 2.18. The Kier molecular flexibility index (Phi) is 6.38. The maximum absolute atomic E-state index is 12.2. The van der Waals surface area contributed by atoms with Gasteiger partial charge in [0.1, 0.15) is 0 Å². The molecule has 0 heterocycles. The SMILES string of the molecule is CCc1ccc(C(CNC(=O)Cc2ccc(N)cc2)N(C)C)cc1. The van der Waals surface area contributed by atoms with Crippen LogP contribution in [-0.4, -0.2) is 31.4 Å². The van der Waals surface area contributed by atoms with Crippen LogP contribution in [0.3, 0.4) is 0 Å². The largest absolute Gasteiger partial charge is 0.399 e. The second-order valence-electron chi connectivity index (χ2n) is 6.30. The number of hydrogen-bond acceptors (Lipinski definition) is 3. The van der Waals surface area contributed by atoms with Gasteiger partial charge in [0.2, 0.25) is 5.91 Å². The zero-order valence-corrected chi connectivity index (χ0v) is 14.8. The fourth-order valence-electron chi connectivity index (χ4n) is 2.67. The Hall–Kier alpha value is -2.33. The minimum Gasteiger partial charge on any atom is -0.399 e. The summed E-state index contributed by atoms with van der Waals surface area (Å²) in [6, 6.07) is 16.2. The van der Waals surface area contributed by atoms with Gasteiger partial charge in [0, 0.05) is 12.2 Å². The van der Waals surface area contributed by atoms with Crippen LogP contribution >= 0.6 is 0 Å². The third kappa shape index (κ3) is 5.10. The van der Waals surface area contributed by atoms with E-state index in [1.165, 1.54) is 11.1 Å². The molecule has 0 radical (unpaired) electrons. The Balaban J connectivity index is 1.95. The van der Waals surface area contributed by atoms with Crippen LogP contribution in [-0.2, 0) is 17.6 Å². The zero-order chi connectivity index (χ0) is 17.5. The normalized spacial score (nSPS) is 12.2. The Morgan fingerprint density at radius 3 is 2.17 bits per heavy atom. The summed E-state index contributed by atoms with van der Waals surface area (Å²) < 4.78 is 0. The average molecular weight is 325 g/mol. The van der Waals surface area contributed by atoms with Gasteiger partial charge >= 0.3 is 0 Å². The standard InChI is InChI=1S/C20H27N3O/c1-4-15-5-9-17(10-6-15)19(23(2)3)14-22-20(24)13-16-7-11-18(21)12-8-16/h5-12,19H,4,13-14,21H2,1-3H3,(H,22,24). The molecule has 0 aliphatic carbocycles. The smallest absolute Gasteiger partial charge is 0.224 e. The van der Waals surface area contributed by atoms with Crippen molar-refractivity contribution >= 4 is 11.6 Å². The second-order valence-corrected chi connectivity index (χ2v) is 6.30. The number of nitrogen functional groups attached to an aromatic ring is 1. The Morgan fingerprint density at radius 1 is 1.04 bits per heavy atom. The summed E-state index contributed by atoms with van der Waals surface area (Å²) in [5, 5.41) is 3.04. The maximum atomic E-state index is 12.2. The summed E-state index contributed by atoms with van der Waals surface area (Å²) in [6.07, 6.45) is 1.40.